The summed E-state index contributed by atoms with van der Waals surface area (Å²) >= 11 is 0. The Morgan fingerprint density at radius 1 is 0.567 bits per heavy atom. The van der Waals surface area contributed by atoms with Crippen LogP contribution >= 0.6 is 0 Å². The molecule has 1 aliphatic heterocycles. The number of allylic oxidation sites excluding steroid dienone is 4. The van der Waals surface area contributed by atoms with Gasteiger partial charge in [0.2, 0.25) is 5.91 Å². The van der Waals surface area contributed by atoms with Crippen molar-refractivity contribution in [3.8, 4) is 0 Å². The van der Waals surface area contributed by atoms with Crippen LogP contribution in [0.2, 0.25) is 0 Å². The Labute approximate surface area is 370 Å². The van der Waals surface area contributed by atoms with Crippen molar-refractivity contribution in [2.75, 3.05) is 39.6 Å². The first-order valence-electron chi connectivity index (χ1n) is 25.7. The van der Waals surface area contributed by atoms with Gasteiger partial charge in [0.1, 0.15) is 12.7 Å². The average Bonchev–Trinajstić information content (AvgIpc) is 3.64. The molecule has 1 heterocycles. The number of hydrogen-bond donors (Lipinski definition) is 2. The fourth-order valence-corrected chi connectivity index (χ4v) is 8.08. The normalized spacial score (nSPS) is 16.2. The van der Waals surface area contributed by atoms with Crippen LogP contribution in [0.15, 0.2) is 24.3 Å². The molecule has 8 heteroatoms. The van der Waals surface area contributed by atoms with Crippen molar-refractivity contribution in [2.45, 2.75) is 257 Å². The van der Waals surface area contributed by atoms with Crippen molar-refractivity contribution in [3.05, 3.63) is 24.3 Å². The lowest BCUT2D eigenvalue weighted by Crippen LogP contribution is -2.37. The summed E-state index contributed by atoms with van der Waals surface area (Å²) in [5.74, 6) is -0.217. The molecule has 0 aliphatic carbocycles. The molecule has 1 aliphatic rings. The second-order valence-electron chi connectivity index (χ2n) is 17.8. The minimum atomic E-state index is -0.548. The van der Waals surface area contributed by atoms with Crippen LogP contribution in [0.3, 0.4) is 0 Å². The Bertz CT molecular complexity index is 1000. The maximum absolute atomic E-state index is 12.6. The van der Waals surface area contributed by atoms with Crippen molar-refractivity contribution >= 4 is 11.9 Å². The number of carbonyl (C=O) groups excluding carboxylic acids is 2. The lowest BCUT2D eigenvalue weighted by Gasteiger charge is -2.22. The molecule has 1 unspecified atom stereocenters. The predicted molar refractivity (Wildman–Crippen MR) is 251 cm³/mol. The van der Waals surface area contributed by atoms with Gasteiger partial charge in [-0.25, -0.2) is 0 Å². The predicted octanol–water partition coefficient (Wildman–Crippen LogP) is 13.3. The first-order chi connectivity index (χ1) is 29.5. The Kier molecular flexibility index (Phi) is 41.2. The van der Waals surface area contributed by atoms with Crippen LogP contribution in [0, 0.1) is 0 Å². The van der Waals surface area contributed by atoms with E-state index < -0.39 is 6.10 Å². The first-order valence-corrected chi connectivity index (χ1v) is 25.7. The van der Waals surface area contributed by atoms with Crippen LogP contribution in [-0.2, 0) is 23.8 Å². The lowest BCUT2D eigenvalue weighted by atomic mass is 10.1. The fraction of sp³-hybridized carbons (Fsp3) is 0.885. The van der Waals surface area contributed by atoms with E-state index >= 15 is 0 Å². The second kappa shape index (κ2) is 43.9. The third kappa shape index (κ3) is 35.8. The monoisotopic (exact) mass is 848 g/mol. The highest BCUT2D eigenvalue weighted by Crippen LogP contribution is 2.20. The Morgan fingerprint density at radius 3 is 1.50 bits per heavy atom. The molecular formula is C52H97NO7. The number of hydrogen-bond acceptors (Lipinski definition) is 7. The standard InChI is InChI=1S/C52H97NO7/c1-3-5-7-9-11-13-15-17-19-21-23-25-27-29-33-37-41-58-46-50(59-42-38-34-30-28-26-24-22-20-18-16-14-12-10-8-6-4-2)47-60-52(57)40-36-32-31-35-39-51(56)53-44-49(55)43-48(53)45-54/h17-20,48-50,54-55H,3-16,21-47H2,1-2H3/b19-17-,20-18-/t48-,49+,50?/m0/s1. The SMILES string of the molecule is CCCCCCCC/C=C\CCCCCCCCOCC(COC(=O)CCCCCCC(=O)N1C[C@H](O)C[C@H]1CO)OCCCCCCCC/C=C\CCCCCCCC. The highest BCUT2D eigenvalue weighted by atomic mass is 16.6. The minimum absolute atomic E-state index is 0.0109. The van der Waals surface area contributed by atoms with Gasteiger partial charge in [-0.3, -0.25) is 9.59 Å². The number of amides is 1. The molecule has 0 spiro atoms. The molecular weight excluding hydrogens is 751 g/mol. The molecule has 3 atom stereocenters. The number of unbranched alkanes of at least 4 members (excludes halogenated alkanes) is 27. The van der Waals surface area contributed by atoms with Gasteiger partial charge in [0.15, 0.2) is 0 Å². The first kappa shape index (κ1) is 56.3. The van der Waals surface area contributed by atoms with Gasteiger partial charge in [0.05, 0.1) is 25.4 Å². The molecule has 1 rings (SSSR count). The molecule has 0 aromatic heterocycles. The Hall–Kier alpha value is -1.74. The van der Waals surface area contributed by atoms with E-state index in [0.29, 0.717) is 45.6 Å². The highest BCUT2D eigenvalue weighted by Gasteiger charge is 2.33. The summed E-state index contributed by atoms with van der Waals surface area (Å²) in [6.45, 7) is 6.79. The van der Waals surface area contributed by atoms with Crippen molar-refractivity contribution in [3.63, 3.8) is 0 Å². The van der Waals surface area contributed by atoms with E-state index in [0.717, 1.165) is 44.9 Å². The molecule has 0 aromatic carbocycles. The number of aliphatic hydroxyl groups excluding tert-OH is 2. The van der Waals surface area contributed by atoms with E-state index in [4.69, 9.17) is 14.2 Å². The number of β-amino-alcohol motifs (C(OH)–C–C–N with tert-alkyl or cyclic N) is 1. The van der Waals surface area contributed by atoms with Crippen LogP contribution in [-0.4, -0.2) is 84.8 Å². The van der Waals surface area contributed by atoms with E-state index in [2.05, 4.69) is 38.2 Å². The number of likely N-dealkylation sites (tertiary alicyclic amines) is 1. The molecule has 352 valence electrons. The summed E-state index contributed by atoms with van der Waals surface area (Å²) in [7, 11) is 0. The largest absolute Gasteiger partial charge is 0.463 e. The number of aliphatic hydroxyl groups is 2. The summed E-state index contributed by atoms with van der Waals surface area (Å²) in [6.07, 6.45) is 49.0. The van der Waals surface area contributed by atoms with Gasteiger partial charge in [-0.1, -0.05) is 167 Å². The Morgan fingerprint density at radius 2 is 1.00 bits per heavy atom. The summed E-state index contributed by atoms with van der Waals surface area (Å²) in [4.78, 5) is 26.7. The molecule has 1 saturated heterocycles. The average molecular weight is 848 g/mol. The molecule has 0 aromatic rings. The number of esters is 1. The van der Waals surface area contributed by atoms with Gasteiger partial charge in [-0.05, 0) is 83.5 Å². The number of rotatable bonds is 45. The second-order valence-corrected chi connectivity index (χ2v) is 17.8. The molecule has 1 fully saturated rings. The zero-order valence-corrected chi connectivity index (χ0v) is 39.4. The zero-order valence-electron chi connectivity index (χ0n) is 39.4. The summed E-state index contributed by atoms with van der Waals surface area (Å²) < 4.78 is 17.9. The van der Waals surface area contributed by atoms with Crippen molar-refractivity contribution in [2.24, 2.45) is 0 Å². The van der Waals surface area contributed by atoms with Crippen molar-refractivity contribution in [1.82, 2.24) is 4.90 Å². The van der Waals surface area contributed by atoms with Gasteiger partial charge in [0, 0.05) is 32.6 Å². The smallest absolute Gasteiger partial charge is 0.305 e. The molecule has 0 saturated carbocycles. The third-order valence-corrected chi connectivity index (χ3v) is 12.0. The quantitative estimate of drug-likeness (QED) is 0.0357. The van der Waals surface area contributed by atoms with E-state index in [1.54, 1.807) is 4.90 Å². The molecule has 8 nitrogen and oxygen atoms in total. The van der Waals surface area contributed by atoms with Gasteiger partial charge < -0.3 is 29.3 Å². The molecule has 1 amide bonds. The van der Waals surface area contributed by atoms with Gasteiger partial charge >= 0.3 is 5.97 Å². The van der Waals surface area contributed by atoms with Crippen molar-refractivity contribution in [1.29, 1.82) is 0 Å². The number of carbonyl (C=O) groups is 2. The molecule has 0 radical (unpaired) electrons. The van der Waals surface area contributed by atoms with E-state index in [-0.39, 0.29) is 37.2 Å². The fourth-order valence-electron chi connectivity index (χ4n) is 8.08. The topological polar surface area (TPSA) is 106 Å². The van der Waals surface area contributed by atoms with Crippen LogP contribution in [0.25, 0.3) is 0 Å². The van der Waals surface area contributed by atoms with E-state index in [9.17, 15) is 19.8 Å². The van der Waals surface area contributed by atoms with Gasteiger partial charge in [0.25, 0.3) is 0 Å². The zero-order chi connectivity index (χ0) is 43.4. The van der Waals surface area contributed by atoms with Crippen molar-refractivity contribution < 1.29 is 34.0 Å². The maximum atomic E-state index is 12.6. The highest BCUT2D eigenvalue weighted by molar-refractivity contribution is 5.77. The van der Waals surface area contributed by atoms with Gasteiger partial charge in [-0.2, -0.15) is 0 Å². The number of ether oxygens (including phenoxy) is 3. The third-order valence-electron chi connectivity index (χ3n) is 12.0. The number of nitrogens with zero attached hydrogens (tertiary/aromatic N) is 1. The molecule has 0 bridgehead atoms. The molecule has 60 heavy (non-hydrogen) atoms. The van der Waals surface area contributed by atoms with Gasteiger partial charge in [-0.15, -0.1) is 0 Å². The van der Waals surface area contributed by atoms with Crippen LogP contribution in [0.4, 0.5) is 0 Å². The van der Waals surface area contributed by atoms with Crippen LogP contribution in [0.1, 0.15) is 239 Å². The molecule has 2 N–H and O–H groups in total. The Balaban J connectivity index is 2.22. The van der Waals surface area contributed by atoms with Crippen LogP contribution < -0.4 is 0 Å². The minimum Gasteiger partial charge on any atom is -0.463 e. The summed E-state index contributed by atoms with van der Waals surface area (Å²) in [5, 5.41) is 19.3. The summed E-state index contributed by atoms with van der Waals surface area (Å²) in [6, 6.07) is -0.274. The lowest BCUT2D eigenvalue weighted by molar-refractivity contribution is -0.150. The van der Waals surface area contributed by atoms with E-state index in [1.165, 1.54) is 161 Å². The maximum Gasteiger partial charge on any atom is 0.305 e. The summed E-state index contributed by atoms with van der Waals surface area (Å²) in [5.41, 5.74) is 0. The van der Waals surface area contributed by atoms with Crippen LogP contribution in [0.5, 0.6) is 0 Å². The van der Waals surface area contributed by atoms with E-state index in [1.807, 2.05) is 0 Å².